The highest BCUT2D eigenvalue weighted by Gasteiger charge is 2.03. The Kier molecular flexibility index (Phi) is 3.02. The standard InChI is InChI=1S/C16H15P2/c1-10-8-11(2)15(12(3)9-10)16-17-13-6-4-5-7-14(13)18-16/h4-9H,1-3H3/q-1. The molecule has 2 aromatic carbocycles. The molecule has 3 aromatic rings. The third-order valence-electron chi connectivity index (χ3n) is 3.24. The van der Waals surface area contributed by atoms with E-state index in [1.807, 2.05) is 0 Å². The molecule has 0 N–H and O–H groups in total. The summed E-state index contributed by atoms with van der Waals surface area (Å²) in [5.41, 5.74) is 5.66. The molecule has 0 bridgehead atoms. The number of fused-ring (bicyclic) bond motifs is 1. The first-order valence-electron chi connectivity index (χ1n) is 6.13. The molecule has 2 heteroatoms. The molecule has 0 saturated carbocycles. The van der Waals surface area contributed by atoms with Gasteiger partial charge in [0.25, 0.3) is 0 Å². The van der Waals surface area contributed by atoms with Crippen molar-refractivity contribution in [2.75, 3.05) is 0 Å². The second-order valence-electron chi connectivity index (χ2n) is 4.81. The molecule has 0 nitrogen and oxygen atoms in total. The van der Waals surface area contributed by atoms with Gasteiger partial charge in [0.15, 0.2) is 0 Å². The highest BCUT2D eigenvalue weighted by Crippen LogP contribution is 2.47. The van der Waals surface area contributed by atoms with Crippen LogP contribution in [0.15, 0.2) is 36.4 Å². The quantitative estimate of drug-likeness (QED) is 0.485. The summed E-state index contributed by atoms with van der Waals surface area (Å²) in [6.07, 6.45) is 0. The summed E-state index contributed by atoms with van der Waals surface area (Å²) in [5.74, 6) is 0. The minimum Gasteiger partial charge on any atom is -0.298 e. The predicted molar refractivity (Wildman–Crippen MR) is 84.2 cm³/mol. The Morgan fingerprint density at radius 2 is 1.61 bits per heavy atom. The van der Waals surface area contributed by atoms with Gasteiger partial charge < -0.3 is 0 Å². The van der Waals surface area contributed by atoms with Crippen molar-refractivity contribution in [3.8, 4) is 10.6 Å². The highest BCUT2D eigenvalue weighted by atomic mass is 31.1. The average molecular weight is 269 g/mol. The first kappa shape index (κ1) is 12.0. The third kappa shape index (κ3) is 2.01. The van der Waals surface area contributed by atoms with E-state index in [4.69, 9.17) is 0 Å². The fraction of sp³-hybridized carbons (Fsp3) is 0.188. The first-order valence-corrected chi connectivity index (χ1v) is 7.92. The maximum absolute atomic E-state index is 2.30. The van der Waals surface area contributed by atoms with Crippen molar-refractivity contribution in [3.63, 3.8) is 0 Å². The van der Waals surface area contributed by atoms with Crippen molar-refractivity contribution in [1.29, 1.82) is 0 Å². The van der Waals surface area contributed by atoms with Crippen molar-refractivity contribution in [2.45, 2.75) is 20.8 Å². The minimum absolute atomic E-state index is 1.36. The Morgan fingerprint density at radius 3 is 2.28 bits per heavy atom. The summed E-state index contributed by atoms with van der Waals surface area (Å²) in [5, 5.41) is 4.47. The predicted octanol–water partition coefficient (Wildman–Crippen LogP) is 6.31. The van der Waals surface area contributed by atoms with E-state index in [1.165, 1.54) is 53.9 Å². The zero-order valence-electron chi connectivity index (χ0n) is 10.9. The molecule has 90 valence electrons. The van der Waals surface area contributed by atoms with Gasteiger partial charge in [0.1, 0.15) is 0 Å². The van der Waals surface area contributed by atoms with Crippen LogP contribution in [0.2, 0.25) is 0 Å². The Labute approximate surface area is 111 Å². The topological polar surface area (TPSA) is 0 Å². The zero-order chi connectivity index (χ0) is 12.7. The molecular weight excluding hydrogens is 254 g/mol. The van der Waals surface area contributed by atoms with E-state index in [-0.39, 0.29) is 0 Å². The summed E-state index contributed by atoms with van der Waals surface area (Å²) >= 11 is 0. The molecule has 0 aliphatic heterocycles. The van der Waals surface area contributed by atoms with E-state index in [1.54, 1.807) is 0 Å². The van der Waals surface area contributed by atoms with Crippen molar-refractivity contribution < 1.29 is 0 Å². The summed E-state index contributed by atoms with van der Waals surface area (Å²) in [6.45, 7) is 6.64. The molecule has 0 saturated heterocycles. The number of hydrogen-bond donors (Lipinski definition) is 0. The van der Waals surface area contributed by atoms with E-state index < -0.39 is 0 Å². The summed E-state index contributed by atoms with van der Waals surface area (Å²) in [7, 11) is 2.77. The lowest BCUT2D eigenvalue weighted by atomic mass is 10.0. The molecule has 0 radical (unpaired) electrons. The Morgan fingerprint density at radius 1 is 0.944 bits per heavy atom. The van der Waals surface area contributed by atoms with Crippen molar-refractivity contribution in [3.05, 3.63) is 53.1 Å². The fourth-order valence-corrected chi connectivity index (χ4v) is 5.78. The molecule has 1 aromatic heterocycles. The van der Waals surface area contributed by atoms with Crippen LogP contribution in [0.1, 0.15) is 16.7 Å². The zero-order valence-corrected chi connectivity index (χ0v) is 12.6. The van der Waals surface area contributed by atoms with E-state index in [0.717, 1.165) is 0 Å². The largest absolute Gasteiger partial charge is 0.298 e. The first-order chi connectivity index (χ1) is 8.65. The second kappa shape index (κ2) is 4.54. The average Bonchev–Trinajstić information content (AvgIpc) is 2.70. The van der Waals surface area contributed by atoms with E-state index in [2.05, 4.69) is 57.2 Å². The third-order valence-corrected chi connectivity index (χ3v) is 6.14. The van der Waals surface area contributed by atoms with Gasteiger partial charge in [-0.3, -0.25) is 16.4 Å². The molecule has 0 aliphatic carbocycles. The SMILES string of the molecule is Cc1cc(C)c(-c2pc3ccccc3[p-]2)c(C)c1. The smallest absolute Gasteiger partial charge is 0.0392 e. The Hall–Kier alpha value is -1.09. The summed E-state index contributed by atoms with van der Waals surface area (Å²) in [4.78, 5) is 0. The van der Waals surface area contributed by atoms with Gasteiger partial charge in [0.05, 0.1) is 0 Å². The van der Waals surface area contributed by atoms with E-state index >= 15 is 0 Å². The van der Waals surface area contributed by atoms with Gasteiger partial charge in [-0.25, -0.2) is 0 Å². The van der Waals surface area contributed by atoms with Crippen LogP contribution in [0, 0.1) is 20.8 Å². The molecule has 0 spiro atoms. The van der Waals surface area contributed by atoms with Crippen LogP contribution in [-0.2, 0) is 0 Å². The van der Waals surface area contributed by atoms with Crippen LogP contribution in [-0.4, -0.2) is 0 Å². The molecule has 0 unspecified atom stereocenters. The van der Waals surface area contributed by atoms with Crippen LogP contribution in [0.5, 0.6) is 0 Å². The van der Waals surface area contributed by atoms with Crippen LogP contribution in [0.4, 0.5) is 0 Å². The number of benzene rings is 2. The monoisotopic (exact) mass is 269 g/mol. The van der Waals surface area contributed by atoms with Gasteiger partial charge in [-0.1, -0.05) is 42.0 Å². The summed E-state index contributed by atoms with van der Waals surface area (Å²) in [6, 6.07) is 13.4. The fourth-order valence-electron chi connectivity index (χ4n) is 2.55. The number of rotatable bonds is 1. The van der Waals surface area contributed by atoms with Gasteiger partial charge in [-0.05, 0) is 37.5 Å². The molecule has 0 fully saturated rings. The maximum Gasteiger partial charge on any atom is -0.0392 e. The maximum atomic E-state index is 2.30. The summed E-state index contributed by atoms with van der Waals surface area (Å²) < 4.78 is 0. The van der Waals surface area contributed by atoms with Crippen LogP contribution in [0.3, 0.4) is 0 Å². The molecule has 0 atom stereocenters. The van der Waals surface area contributed by atoms with Crippen molar-refractivity contribution in [2.24, 2.45) is 0 Å². The van der Waals surface area contributed by atoms with Gasteiger partial charge in [-0.15, -0.1) is 10.2 Å². The van der Waals surface area contributed by atoms with Crippen LogP contribution >= 0.6 is 16.4 Å². The van der Waals surface area contributed by atoms with Crippen molar-refractivity contribution >= 4 is 26.6 Å². The lowest BCUT2D eigenvalue weighted by Gasteiger charge is -2.14. The van der Waals surface area contributed by atoms with Gasteiger partial charge in [0, 0.05) is 0 Å². The lowest BCUT2D eigenvalue weighted by Crippen LogP contribution is -1.86. The van der Waals surface area contributed by atoms with Crippen LogP contribution < -0.4 is 0 Å². The van der Waals surface area contributed by atoms with Gasteiger partial charge in [0.2, 0.25) is 0 Å². The molecule has 18 heavy (non-hydrogen) atoms. The number of hydrogen-bond acceptors (Lipinski definition) is 0. The second-order valence-corrected chi connectivity index (χ2v) is 7.47. The number of aryl methyl sites for hydroxylation is 3. The normalized spacial score (nSPS) is 11.9. The molecule has 0 aliphatic rings. The molecule has 0 amide bonds. The van der Waals surface area contributed by atoms with Gasteiger partial charge >= 0.3 is 0 Å². The Bertz CT molecular complexity index is 667. The van der Waals surface area contributed by atoms with E-state index in [0.29, 0.717) is 0 Å². The lowest BCUT2D eigenvalue weighted by molar-refractivity contribution is 1.33. The van der Waals surface area contributed by atoms with Crippen LogP contribution in [0.25, 0.3) is 20.8 Å². The minimum atomic E-state index is 1.36. The molecular formula is C16H15P2-. The van der Waals surface area contributed by atoms with Gasteiger partial charge in [-0.2, -0.15) is 5.03 Å². The molecule has 1 heterocycles. The van der Waals surface area contributed by atoms with E-state index in [9.17, 15) is 0 Å². The molecule has 3 rings (SSSR count). The highest BCUT2D eigenvalue weighted by molar-refractivity contribution is 7.61. The van der Waals surface area contributed by atoms with Crippen molar-refractivity contribution in [1.82, 2.24) is 0 Å². The Balaban J connectivity index is 2.26.